The van der Waals surface area contributed by atoms with Crippen LogP contribution in [0.1, 0.15) is 39.5 Å². The van der Waals surface area contributed by atoms with Gasteiger partial charge in [0.05, 0.1) is 0 Å². The third-order valence-corrected chi connectivity index (χ3v) is 1.30. The van der Waals surface area contributed by atoms with E-state index in [1.165, 1.54) is 0 Å². The van der Waals surface area contributed by atoms with Crippen molar-refractivity contribution < 1.29 is 23.9 Å². The molecule has 0 aromatic carbocycles. The monoisotopic (exact) mass is 202 g/mol. The lowest BCUT2D eigenvalue weighted by molar-refractivity contribution is -0.146. The van der Waals surface area contributed by atoms with Crippen molar-refractivity contribution in [3.8, 4) is 0 Å². The number of hydrogen-bond donors (Lipinski definition) is 0. The second-order valence-electron chi connectivity index (χ2n) is 2.70. The number of hydrogen-bond acceptors (Lipinski definition) is 5. The largest absolute Gasteiger partial charge is 0.524 e. The third kappa shape index (κ3) is 6.16. The average molecular weight is 202 g/mol. The summed E-state index contributed by atoms with van der Waals surface area (Å²) in [7, 11) is 0. The van der Waals surface area contributed by atoms with Crippen LogP contribution in [-0.4, -0.2) is 18.1 Å². The van der Waals surface area contributed by atoms with Gasteiger partial charge in [-0.1, -0.05) is 13.8 Å². The first-order valence-electron chi connectivity index (χ1n) is 4.55. The maximum Gasteiger partial charge on any atom is 0.524 e. The number of carbonyl (C=O) groups is 3. The zero-order valence-electron chi connectivity index (χ0n) is 8.37. The summed E-state index contributed by atoms with van der Waals surface area (Å²) < 4.78 is 8.37. The Balaban J connectivity index is 3.75. The van der Waals surface area contributed by atoms with Crippen LogP contribution in [0.25, 0.3) is 0 Å². The molecule has 0 radical (unpaired) electrons. The molecule has 0 aliphatic rings. The van der Waals surface area contributed by atoms with Crippen molar-refractivity contribution in [2.24, 2.45) is 0 Å². The van der Waals surface area contributed by atoms with Gasteiger partial charge in [-0.2, -0.15) is 0 Å². The van der Waals surface area contributed by atoms with E-state index in [1.54, 1.807) is 13.8 Å². The van der Waals surface area contributed by atoms with Crippen LogP contribution in [0.4, 0.5) is 4.79 Å². The fourth-order valence-corrected chi connectivity index (χ4v) is 0.717. The van der Waals surface area contributed by atoms with Crippen LogP contribution >= 0.6 is 0 Å². The van der Waals surface area contributed by atoms with Gasteiger partial charge in [-0.3, -0.25) is 9.59 Å². The van der Waals surface area contributed by atoms with Gasteiger partial charge in [0, 0.05) is 12.8 Å². The summed E-state index contributed by atoms with van der Waals surface area (Å²) in [5.74, 6) is -1.36. The highest BCUT2D eigenvalue weighted by molar-refractivity contribution is 5.88. The molecule has 0 rings (SSSR count). The number of rotatable bonds is 4. The molecule has 5 heteroatoms. The van der Waals surface area contributed by atoms with E-state index in [0.717, 1.165) is 0 Å². The summed E-state index contributed by atoms with van der Waals surface area (Å²) >= 11 is 0. The highest BCUT2D eigenvalue weighted by Crippen LogP contribution is 1.97. The fraction of sp³-hybridized carbons (Fsp3) is 0.667. The molecule has 5 nitrogen and oxygen atoms in total. The number of ether oxygens (including phenoxy) is 2. The van der Waals surface area contributed by atoms with Gasteiger partial charge in [0.25, 0.3) is 0 Å². The van der Waals surface area contributed by atoms with Crippen molar-refractivity contribution in [2.45, 2.75) is 39.5 Å². The first-order chi connectivity index (χ1) is 6.60. The molecule has 0 aromatic heterocycles. The molecule has 0 atom stereocenters. The summed E-state index contributed by atoms with van der Waals surface area (Å²) in [6, 6.07) is 0. The molecule has 0 aliphatic carbocycles. The van der Waals surface area contributed by atoms with E-state index >= 15 is 0 Å². The van der Waals surface area contributed by atoms with E-state index in [9.17, 15) is 14.4 Å². The minimum atomic E-state index is -1.23. The van der Waals surface area contributed by atoms with Gasteiger partial charge in [0.1, 0.15) is 0 Å². The lowest BCUT2D eigenvalue weighted by Crippen LogP contribution is -2.17. The van der Waals surface area contributed by atoms with Crippen molar-refractivity contribution in [1.82, 2.24) is 0 Å². The smallest absolute Gasteiger partial charge is 0.360 e. The molecular weight excluding hydrogens is 188 g/mol. The Morgan fingerprint density at radius 1 is 0.857 bits per heavy atom. The van der Waals surface area contributed by atoms with Gasteiger partial charge in [-0.05, 0) is 12.8 Å². The Kier molecular flexibility index (Phi) is 6.36. The van der Waals surface area contributed by atoms with Crippen molar-refractivity contribution in [1.29, 1.82) is 0 Å². The minimum absolute atomic E-state index is 0.136. The first-order valence-corrected chi connectivity index (χ1v) is 4.55. The molecule has 0 aromatic rings. The summed E-state index contributed by atoms with van der Waals surface area (Å²) in [6.07, 6.45) is 0.194. The predicted octanol–water partition coefficient (Wildman–Crippen LogP) is 1.79. The molecule has 14 heavy (non-hydrogen) atoms. The van der Waals surface area contributed by atoms with Crippen molar-refractivity contribution in [3.05, 3.63) is 0 Å². The SMILES string of the molecule is CCCC(=O)OC(=O)OC(=O)CCC. The Hall–Kier alpha value is -1.39. The minimum Gasteiger partial charge on any atom is -0.360 e. The molecule has 0 bridgehead atoms. The second-order valence-corrected chi connectivity index (χ2v) is 2.70. The van der Waals surface area contributed by atoms with Gasteiger partial charge in [-0.25, -0.2) is 4.79 Å². The first kappa shape index (κ1) is 12.6. The summed E-state index contributed by atoms with van der Waals surface area (Å²) in [6.45, 7) is 3.55. The Labute approximate surface area is 82.4 Å². The predicted molar refractivity (Wildman–Crippen MR) is 47.4 cm³/mol. The second kappa shape index (κ2) is 7.06. The zero-order valence-corrected chi connectivity index (χ0v) is 8.37. The fourth-order valence-electron chi connectivity index (χ4n) is 0.717. The number of carbonyl (C=O) groups excluding carboxylic acids is 3. The highest BCUT2D eigenvalue weighted by Gasteiger charge is 2.14. The Bertz CT molecular complexity index is 199. The van der Waals surface area contributed by atoms with Crippen LogP contribution in [0.15, 0.2) is 0 Å². The molecule has 80 valence electrons. The zero-order chi connectivity index (χ0) is 11.0. The van der Waals surface area contributed by atoms with Gasteiger partial charge in [0.2, 0.25) is 0 Å². The summed E-state index contributed by atoms with van der Waals surface area (Å²) in [4.78, 5) is 32.2. The normalized spacial score (nSPS) is 9.29. The van der Waals surface area contributed by atoms with Gasteiger partial charge < -0.3 is 9.47 Å². The average Bonchev–Trinajstić information content (AvgIpc) is 2.03. The van der Waals surface area contributed by atoms with Gasteiger partial charge in [0.15, 0.2) is 0 Å². The Morgan fingerprint density at radius 3 is 1.50 bits per heavy atom. The maximum atomic E-state index is 10.8. The van der Waals surface area contributed by atoms with Gasteiger partial charge in [-0.15, -0.1) is 0 Å². The standard InChI is InChI=1S/C9H14O5/c1-3-5-7(10)13-9(12)14-8(11)6-4-2/h3-6H2,1-2H3. The van der Waals surface area contributed by atoms with Crippen LogP contribution in [0, 0.1) is 0 Å². The summed E-state index contributed by atoms with van der Waals surface area (Å²) in [5.41, 5.74) is 0. The van der Waals surface area contributed by atoms with Crippen LogP contribution in [0.5, 0.6) is 0 Å². The third-order valence-electron chi connectivity index (χ3n) is 1.30. The molecule has 0 heterocycles. The van der Waals surface area contributed by atoms with Crippen LogP contribution in [0.2, 0.25) is 0 Å². The van der Waals surface area contributed by atoms with Crippen molar-refractivity contribution >= 4 is 18.1 Å². The van der Waals surface area contributed by atoms with E-state index in [2.05, 4.69) is 9.47 Å². The molecule has 0 N–H and O–H groups in total. The van der Waals surface area contributed by atoms with E-state index in [4.69, 9.17) is 0 Å². The molecular formula is C9H14O5. The molecule has 0 spiro atoms. The van der Waals surface area contributed by atoms with Gasteiger partial charge >= 0.3 is 18.1 Å². The number of esters is 2. The lowest BCUT2D eigenvalue weighted by atomic mass is 10.3. The molecule has 0 saturated carbocycles. The van der Waals surface area contributed by atoms with E-state index in [0.29, 0.717) is 12.8 Å². The van der Waals surface area contributed by atoms with Crippen LogP contribution in [-0.2, 0) is 19.1 Å². The summed E-state index contributed by atoms with van der Waals surface area (Å²) in [5, 5.41) is 0. The van der Waals surface area contributed by atoms with E-state index in [-0.39, 0.29) is 12.8 Å². The quantitative estimate of drug-likeness (QED) is 0.513. The maximum absolute atomic E-state index is 10.8. The molecule has 0 saturated heterocycles. The lowest BCUT2D eigenvalue weighted by Gasteiger charge is -2.01. The molecule has 0 amide bonds. The van der Waals surface area contributed by atoms with Crippen molar-refractivity contribution in [2.75, 3.05) is 0 Å². The van der Waals surface area contributed by atoms with Crippen LogP contribution in [0.3, 0.4) is 0 Å². The topological polar surface area (TPSA) is 69.7 Å². The van der Waals surface area contributed by atoms with E-state index in [1.807, 2.05) is 0 Å². The van der Waals surface area contributed by atoms with Crippen molar-refractivity contribution in [3.63, 3.8) is 0 Å². The Morgan fingerprint density at radius 2 is 1.21 bits per heavy atom. The van der Waals surface area contributed by atoms with Crippen LogP contribution < -0.4 is 0 Å². The van der Waals surface area contributed by atoms with E-state index < -0.39 is 18.1 Å². The molecule has 0 fully saturated rings. The highest BCUT2D eigenvalue weighted by atomic mass is 16.8. The molecule has 0 aliphatic heterocycles. The molecule has 0 unspecified atom stereocenters.